The topological polar surface area (TPSA) is 84.3 Å². The van der Waals surface area contributed by atoms with Crippen molar-refractivity contribution in [2.45, 2.75) is 33.1 Å². The summed E-state index contributed by atoms with van der Waals surface area (Å²) in [7, 11) is 0. The van der Waals surface area contributed by atoms with E-state index < -0.39 is 5.97 Å². The molecule has 0 unspecified atom stereocenters. The van der Waals surface area contributed by atoms with E-state index in [4.69, 9.17) is 9.84 Å². The molecule has 19 heavy (non-hydrogen) atoms. The summed E-state index contributed by atoms with van der Waals surface area (Å²) in [6.07, 6.45) is 2.34. The number of carboxylic acid groups (broad SMARTS) is 1. The Bertz CT molecular complexity index is 422. The Kier molecular flexibility index (Phi) is 6.21. The van der Waals surface area contributed by atoms with Crippen LogP contribution in [0.2, 0.25) is 0 Å². The van der Waals surface area contributed by atoms with Gasteiger partial charge in [-0.05, 0) is 13.3 Å². The minimum atomic E-state index is -1.04. The third-order valence-electron chi connectivity index (χ3n) is 2.51. The molecule has 0 saturated heterocycles. The van der Waals surface area contributed by atoms with Gasteiger partial charge < -0.3 is 15.2 Å². The van der Waals surface area contributed by atoms with Crippen LogP contribution in [0.15, 0.2) is 6.20 Å². The molecule has 0 amide bonds. The summed E-state index contributed by atoms with van der Waals surface area (Å²) in [5, 5.41) is 12.2. The molecule has 6 nitrogen and oxygen atoms in total. The lowest BCUT2D eigenvalue weighted by molar-refractivity contribution is 0.0691. The first-order chi connectivity index (χ1) is 9.06. The Balaban J connectivity index is 2.69. The summed E-state index contributed by atoms with van der Waals surface area (Å²) in [4.78, 5) is 19.4. The Morgan fingerprint density at radius 1 is 1.53 bits per heavy atom. The van der Waals surface area contributed by atoms with Gasteiger partial charge in [-0.15, -0.1) is 0 Å². The van der Waals surface area contributed by atoms with Gasteiger partial charge in [0.05, 0.1) is 11.9 Å². The second-order valence-corrected chi connectivity index (χ2v) is 4.43. The lowest BCUT2D eigenvalue weighted by Gasteiger charge is -2.11. The lowest BCUT2D eigenvalue weighted by Crippen LogP contribution is -2.13. The number of carbonyl (C=O) groups is 1. The van der Waals surface area contributed by atoms with Crippen molar-refractivity contribution >= 4 is 11.7 Å². The number of nitrogens with one attached hydrogen (secondary N) is 1. The Morgan fingerprint density at radius 2 is 2.26 bits per heavy atom. The van der Waals surface area contributed by atoms with Crippen LogP contribution in [0.25, 0.3) is 0 Å². The van der Waals surface area contributed by atoms with Crippen LogP contribution in [-0.2, 0) is 4.74 Å². The van der Waals surface area contributed by atoms with Crippen molar-refractivity contribution in [2.75, 3.05) is 25.1 Å². The van der Waals surface area contributed by atoms with Gasteiger partial charge in [0.25, 0.3) is 0 Å². The van der Waals surface area contributed by atoms with Crippen molar-refractivity contribution in [3.63, 3.8) is 0 Å². The Hall–Kier alpha value is -1.69. The molecule has 0 spiro atoms. The first-order valence-corrected chi connectivity index (χ1v) is 6.48. The van der Waals surface area contributed by atoms with Gasteiger partial charge in [-0.1, -0.05) is 13.8 Å². The van der Waals surface area contributed by atoms with Gasteiger partial charge in [0.2, 0.25) is 0 Å². The molecule has 1 heterocycles. The fourth-order valence-electron chi connectivity index (χ4n) is 1.51. The number of ether oxygens (including phenoxy) is 1. The molecule has 6 heteroatoms. The monoisotopic (exact) mass is 267 g/mol. The fourth-order valence-corrected chi connectivity index (χ4v) is 1.51. The highest BCUT2D eigenvalue weighted by Crippen LogP contribution is 2.16. The molecule has 2 N–H and O–H groups in total. The predicted molar refractivity (Wildman–Crippen MR) is 72.7 cm³/mol. The van der Waals surface area contributed by atoms with Crippen LogP contribution in [0.5, 0.6) is 0 Å². The molecular weight excluding hydrogens is 246 g/mol. The Labute approximate surface area is 113 Å². The van der Waals surface area contributed by atoms with Crippen molar-refractivity contribution in [1.82, 2.24) is 9.97 Å². The van der Waals surface area contributed by atoms with E-state index in [1.165, 1.54) is 6.20 Å². The predicted octanol–water partition coefficient (Wildman–Crippen LogP) is 2.14. The molecule has 0 aromatic carbocycles. The largest absolute Gasteiger partial charge is 0.476 e. The summed E-state index contributed by atoms with van der Waals surface area (Å²) in [5.41, 5.74) is 0.475. The third kappa shape index (κ3) is 4.82. The smallest absolute Gasteiger partial charge is 0.356 e. The Morgan fingerprint density at radius 3 is 2.84 bits per heavy atom. The van der Waals surface area contributed by atoms with Gasteiger partial charge in [-0.25, -0.2) is 14.8 Å². The number of rotatable bonds is 8. The summed E-state index contributed by atoms with van der Waals surface area (Å²) in [6, 6.07) is 0. The zero-order valence-corrected chi connectivity index (χ0v) is 11.6. The normalized spacial score (nSPS) is 10.7. The molecule has 1 rings (SSSR count). The molecule has 0 fully saturated rings. The van der Waals surface area contributed by atoms with Crippen molar-refractivity contribution in [1.29, 1.82) is 0 Å². The molecule has 1 aromatic rings. The van der Waals surface area contributed by atoms with E-state index in [0.717, 1.165) is 6.42 Å². The quantitative estimate of drug-likeness (QED) is 0.702. The second-order valence-electron chi connectivity index (χ2n) is 4.43. The van der Waals surface area contributed by atoms with E-state index >= 15 is 0 Å². The van der Waals surface area contributed by atoms with Gasteiger partial charge in [-0.3, -0.25) is 0 Å². The third-order valence-corrected chi connectivity index (χ3v) is 2.51. The molecular formula is C13H21N3O3. The molecule has 106 valence electrons. The first kappa shape index (κ1) is 15.4. The summed E-state index contributed by atoms with van der Waals surface area (Å²) < 4.78 is 5.21. The number of aromatic carboxylic acids is 1. The highest BCUT2D eigenvalue weighted by Gasteiger charge is 2.15. The van der Waals surface area contributed by atoms with Crippen LogP contribution < -0.4 is 5.32 Å². The average Bonchev–Trinajstić information content (AvgIpc) is 2.38. The highest BCUT2D eigenvalue weighted by atomic mass is 16.5. The van der Waals surface area contributed by atoms with Gasteiger partial charge >= 0.3 is 5.97 Å². The van der Waals surface area contributed by atoms with Gasteiger partial charge in [-0.2, -0.15) is 0 Å². The SMILES string of the molecule is CCOCCCNc1cnc(C(C)C)nc1C(=O)O. The van der Waals surface area contributed by atoms with Crippen LogP contribution in [0.1, 0.15) is 49.4 Å². The van der Waals surface area contributed by atoms with Gasteiger partial charge in [0, 0.05) is 25.7 Å². The standard InChI is InChI=1S/C13H21N3O3/c1-4-19-7-5-6-14-10-8-15-12(9(2)3)16-11(10)13(17)18/h8-9,14H,4-7H2,1-3H3,(H,17,18). The van der Waals surface area contributed by atoms with Crippen molar-refractivity contribution in [3.05, 3.63) is 17.7 Å². The summed E-state index contributed by atoms with van der Waals surface area (Å²) in [5.74, 6) is -0.404. The number of anilines is 1. The summed E-state index contributed by atoms with van der Waals surface area (Å²) in [6.45, 7) is 7.76. The maximum absolute atomic E-state index is 11.2. The van der Waals surface area contributed by atoms with Crippen LogP contribution in [0, 0.1) is 0 Å². The first-order valence-electron chi connectivity index (χ1n) is 6.48. The molecule has 0 atom stereocenters. The van der Waals surface area contributed by atoms with Crippen LogP contribution in [-0.4, -0.2) is 40.8 Å². The van der Waals surface area contributed by atoms with E-state index in [1.54, 1.807) is 0 Å². The second kappa shape index (κ2) is 7.68. The van der Waals surface area contributed by atoms with E-state index in [9.17, 15) is 4.79 Å². The molecule has 0 aliphatic carbocycles. The molecule has 0 bridgehead atoms. The highest BCUT2D eigenvalue weighted by molar-refractivity contribution is 5.91. The van der Waals surface area contributed by atoms with Crippen molar-refractivity contribution in [3.8, 4) is 0 Å². The van der Waals surface area contributed by atoms with Crippen LogP contribution in [0.4, 0.5) is 5.69 Å². The van der Waals surface area contributed by atoms with Crippen LogP contribution >= 0.6 is 0 Å². The maximum Gasteiger partial charge on any atom is 0.356 e. The average molecular weight is 267 g/mol. The number of nitrogens with zero attached hydrogens (tertiary/aromatic N) is 2. The van der Waals surface area contributed by atoms with Gasteiger partial charge in [0.15, 0.2) is 5.69 Å². The summed E-state index contributed by atoms with van der Waals surface area (Å²) >= 11 is 0. The van der Waals surface area contributed by atoms with Crippen LogP contribution in [0.3, 0.4) is 0 Å². The zero-order valence-electron chi connectivity index (χ0n) is 11.6. The zero-order chi connectivity index (χ0) is 14.3. The molecule has 0 aliphatic heterocycles. The minimum absolute atomic E-state index is 0.0232. The minimum Gasteiger partial charge on any atom is -0.476 e. The molecule has 0 aliphatic rings. The molecule has 1 aromatic heterocycles. The van der Waals surface area contributed by atoms with Crippen molar-refractivity contribution in [2.24, 2.45) is 0 Å². The maximum atomic E-state index is 11.2. The fraction of sp³-hybridized carbons (Fsp3) is 0.615. The van der Waals surface area contributed by atoms with Crippen molar-refractivity contribution < 1.29 is 14.6 Å². The number of hydrogen-bond acceptors (Lipinski definition) is 5. The van der Waals surface area contributed by atoms with Gasteiger partial charge in [0.1, 0.15) is 5.82 Å². The lowest BCUT2D eigenvalue weighted by atomic mass is 10.2. The molecule has 0 saturated carbocycles. The molecule has 0 radical (unpaired) electrons. The number of aromatic nitrogens is 2. The van der Waals surface area contributed by atoms with E-state index in [-0.39, 0.29) is 11.6 Å². The van der Waals surface area contributed by atoms with E-state index in [2.05, 4.69) is 15.3 Å². The van der Waals surface area contributed by atoms with E-state index in [0.29, 0.717) is 31.3 Å². The number of hydrogen-bond donors (Lipinski definition) is 2. The van der Waals surface area contributed by atoms with E-state index in [1.807, 2.05) is 20.8 Å². The number of carboxylic acids is 1.